The monoisotopic (exact) mass is 476 g/mol. The highest BCUT2D eigenvalue weighted by atomic mass is 32.2. The minimum Gasteiger partial charge on any atom is -0.492 e. The smallest absolute Gasteiger partial charge is 0.246 e. The molecule has 0 bridgehead atoms. The minimum atomic E-state index is -3.60. The average Bonchev–Trinajstić information content (AvgIpc) is 2.82. The summed E-state index contributed by atoms with van der Waals surface area (Å²) in [4.78, 5) is 2.69. The molecule has 0 amide bonds. The van der Waals surface area contributed by atoms with Crippen LogP contribution in [0.2, 0.25) is 0 Å². The van der Waals surface area contributed by atoms with Crippen LogP contribution in [0.5, 0.6) is 11.5 Å². The number of rotatable bonds is 7. The molecule has 2 aromatic carbocycles. The van der Waals surface area contributed by atoms with Crippen LogP contribution in [0.1, 0.15) is 38.2 Å². The number of halogens is 1. The number of hydrogen-bond acceptors (Lipinski definition) is 5. The molecular formula is C25H33FN2O4S. The van der Waals surface area contributed by atoms with Crippen LogP contribution >= 0.6 is 0 Å². The van der Waals surface area contributed by atoms with Crippen LogP contribution in [0.3, 0.4) is 0 Å². The van der Waals surface area contributed by atoms with Crippen LogP contribution in [0.15, 0.2) is 47.4 Å². The summed E-state index contributed by atoms with van der Waals surface area (Å²) in [6.07, 6.45) is 3.29. The summed E-state index contributed by atoms with van der Waals surface area (Å²) >= 11 is 0. The molecule has 0 aliphatic carbocycles. The number of benzene rings is 2. The second-order valence-corrected chi connectivity index (χ2v) is 10.7. The molecule has 2 aromatic rings. The van der Waals surface area contributed by atoms with Crippen LogP contribution < -0.4 is 9.47 Å². The van der Waals surface area contributed by atoms with Gasteiger partial charge in [0.25, 0.3) is 0 Å². The van der Waals surface area contributed by atoms with Crippen molar-refractivity contribution >= 4 is 10.0 Å². The van der Waals surface area contributed by atoms with Crippen LogP contribution in [-0.4, -0.2) is 62.6 Å². The van der Waals surface area contributed by atoms with E-state index in [4.69, 9.17) is 9.47 Å². The van der Waals surface area contributed by atoms with E-state index in [0.717, 1.165) is 44.3 Å². The zero-order chi connectivity index (χ0) is 23.4. The number of ether oxygens (including phenoxy) is 2. The van der Waals surface area contributed by atoms with Crippen LogP contribution in [0.4, 0.5) is 4.39 Å². The number of likely N-dealkylation sites (tertiary alicyclic amines) is 1. The van der Waals surface area contributed by atoms with Crippen molar-refractivity contribution in [1.29, 1.82) is 0 Å². The summed E-state index contributed by atoms with van der Waals surface area (Å²) in [6, 6.07) is 12.2. The van der Waals surface area contributed by atoms with Gasteiger partial charge in [-0.2, -0.15) is 4.31 Å². The lowest BCUT2D eigenvalue weighted by Gasteiger charge is -2.41. The molecule has 8 heteroatoms. The Kier molecular flexibility index (Phi) is 7.56. The fourth-order valence-corrected chi connectivity index (χ4v) is 6.44. The van der Waals surface area contributed by atoms with Gasteiger partial charge >= 0.3 is 0 Å². The molecule has 0 spiro atoms. The predicted octanol–water partition coefficient (Wildman–Crippen LogP) is 4.23. The normalized spacial score (nSPS) is 19.5. The van der Waals surface area contributed by atoms with Crippen molar-refractivity contribution in [1.82, 2.24) is 9.21 Å². The zero-order valence-corrected chi connectivity index (χ0v) is 20.2. The second-order valence-electron chi connectivity index (χ2n) is 8.80. The molecule has 0 saturated carbocycles. The highest BCUT2D eigenvalue weighted by molar-refractivity contribution is 7.89. The van der Waals surface area contributed by atoms with Crippen molar-refractivity contribution in [2.75, 3.05) is 32.8 Å². The van der Waals surface area contributed by atoms with Gasteiger partial charge in [-0.3, -0.25) is 0 Å². The Hall–Kier alpha value is -2.16. The third-order valence-corrected chi connectivity index (χ3v) is 8.48. The topological polar surface area (TPSA) is 59.1 Å². The van der Waals surface area contributed by atoms with Crippen molar-refractivity contribution in [3.63, 3.8) is 0 Å². The maximum atomic E-state index is 13.9. The first kappa shape index (κ1) is 24.0. The van der Waals surface area contributed by atoms with E-state index in [9.17, 15) is 12.8 Å². The Bertz CT molecular complexity index is 1050. The van der Waals surface area contributed by atoms with Gasteiger partial charge in [-0.25, -0.2) is 12.8 Å². The molecule has 0 unspecified atom stereocenters. The number of aryl methyl sites for hydroxylation is 1. The third kappa shape index (κ3) is 5.50. The maximum absolute atomic E-state index is 13.9. The number of nitrogens with zero attached hydrogens (tertiary/aromatic N) is 2. The van der Waals surface area contributed by atoms with E-state index in [0.29, 0.717) is 37.2 Å². The van der Waals surface area contributed by atoms with Crippen molar-refractivity contribution in [3.05, 3.63) is 53.8 Å². The number of para-hydroxylation sites is 1. The molecule has 2 aliphatic rings. The summed E-state index contributed by atoms with van der Waals surface area (Å²) in [7, 11) is -3.60. The summed E-state index contributed by atoms with van der Waals surface area (Å²) in [5, 5.41) is 0. The molecular weight excluding hydrogens is 443 g/mol. The van der Waals surface area contributed by atoms with E-state index in [1.54, 1.807) is 34.6 Å². The molecule has 0 aromatic heterocycles. The summed E-state index contributed by atoms with van der Waals surface area (Å²) < 4.78 is 53.6. The Morgan fingerprint density at radius 1 is 0.970 bits per heavy atom. The molecule has 2 fully saturated rings. The highest BCUT2D eigenvalue weighted by Crippen LogP contribution is 2.31. The Morgan fingerprint density at radius 2 is 1.67 bits per heavy atom. The molecule has 0 atom stereocenters. The van der Waals surface area contributed by atoms with E-state index < -0.39 is 10.0 Å². The average molecular weight is 477 g/mol. The first-order valence-corrected chi connectivity index (χ1v) is 13.2. The fourth-order valence-electron chi connectivity index (χ4n) is 4.76. The van der Waals surface area contributed by atoms with E-state index in [1.165, 1.54) is 6.07 Å². The lowest BCUT2D eigenvalue weighted by molar-refractivity contribution is 0.0567. The van der Waals surface area contributed by atoms with Gasteiger partial charge in [0, 0.05) is 32.2 Å². The van der Waals surface area contributed by atoms with Crippen molar-refractivity contribution in [3.8, 4) is 11.5 Å². The first-order valence-electron chi connectivity index (χ1n) is 11.8. The Morgan fingerprint density at radius 3 is 2.33 bits per heavy atom. The second kappa shape index (κ2) is 10.4. The molecule has 2 saturated heterocycles. The van der Waals surface area contributed by atoms with E-state index in [2.05, 4.69) is 4.90 Å². The SMILES string of the molecule is CCOc1ccc(C)cc1S(=O)(=O)N1CCC(N2CCC(Oc3ccccc3F)CC2)CC1. The van der Waals surface area contributed by atoms with Gasteiger partial charge in [-0.15, -0.1) is 0 Å². The standard InChI is InChI=1S/C25H33FN2O4S/c1-3-31-24-9-8-19(2)18-25(24)33(29,30)28-16-10-20(11-17-28)27-14-12-21(13-15-27)32-23-7-5-4-6-22(23)26/h4-9,18,20-21H,3,10-17H2,1-2H3. The minimum absolute atomic E-state index is 0.0110. The van der Waals surface area contributed by atoms with E-state index in [1.807, 2.05) is 19.9 Å². The van der Waals surface area contributed by atoms with Gasteiger partial charge in [0.05, 0.1) is 6.61 Å². The predicted molar refractivity (Wildman–Crippen MR) is 126 cm³/mol. The molecule has 0 N–H and O–H groups in total. The van der Waals surface area contributed by atoms with Crippen LogP contribution in [0.25, 0.3) is 0 Å². The molecule has 4 rings (SSSR count). The fraction of sp³-hybridized carbons (Fsp3) is 0.520. The molecule has 2 heterocycles. The summed E-state index contributed by atoms with van der Waals surface area (Å²) in [5.74, 6) is 0.411. The largest absolute Gasteiger partial charge is 0.492 e. The molecule has 2 aliphatic heterocycles. The lowest BCUT2D eigenvalue weighted by Crippen LogP contribution is -2.50. The first-order chi connectivity index (χ1) is 15.9. The number of piperidine rings is 2. The Labute approximate surface area is 196 Å². The van der Waals surface area contributed by atoms with Crippen molar-refractivity contribution in [2.45, 2.75) is 56.6 Å². The van der Waals surface area contributed by atoms with Crippen molar-refractivity contribution < 1.29 is 22.3 Å². The van der Waals surface area contributed by atoms with Crippen molar-refractivity contribution in [2.24, 2.45) is 0 Å². The van der Waals surface area contributed by atoms with Gasteiger partial charge in [-0.1, -0.05) is 18.2 Å². The highest BCUT2D eigenvalue weighted by Gasteiger charge is 2.34. The number of sulfonamides is 1. The van der Waals surface area contributed by atoms with Gasteiger partial charge < -0.3 is 14.4 Å². The summed E-state index contributed by atoms with van der Waals surface area (Å²) in [6.45, 7) is 6.92. The maximum Gasteiger partial charge on any atom is 0.246 e. The van der Waals surface area contributed by atoms with Gasteiger partial charge in [0.2, 0.25) is 10.0 Å². The zero-order valence-electron chi connectivity index (χ0n) is 19.4. The van der Waals surface area contributed by atoms with E-state index >= 15 is 0 Å². The molecule has 180 valence electrons. The van der Waals surface area contributed by atoms with Crippen LogP contribution in [0, 0.1) is 12.7 Å². The van der Waals surface area contributed by atoms with E-state index in [-0.39, 0.29) is 16.8 Å². The molecule has 6 nitrogen and oxygen atoms in total. The molecule has 0 radical (unpaired) electrons. The lowest BCUT2D eigenvalue weighted by atomic mass is 10.00. The van der Waals surface area contributed by atoms with Gasteiger partial charge in [0.1, 0.15) is 16.7 Å². The van der Waals surface area contributed by atoms with Gasteiger partial charge in [-0.05, 0) is 69.4 Å². The number of hydrogen-bond donors (Lipinski definition) is 0. The summed E-state index contributed by atoms with van der Waals surface area (Å²) in [5.41, 5.74) is 0.896. The Balaban J connectivity index is 1.32. The third-order valence-electron chi connectivity index (χ3n) is 6.56. The van der Waals surface area contributed by atoms with Crippen LogP contribution in [-0.2, 0) is 10.0 Å². The van der Waals surface area contributed by atoms with Gasteiger partial charge in [0.15, 0.2) is 11.6 Å². The molecule has 33 heavy (non-hydrogen) atoms. The quantitative estimate of drug-likeness (QED) is 0.599.